The van der Waals surface area contributed by atoms with E-state index in [9.17, 15) is 10.2 Å². The van der Waals surface area contributed by atoms with Gasteiger partial charge in [0.2, 0.25) is 0 Å². The standard InChI is InChI=1S/C26H43N5O2.C4H5Cl.C2H6.CH4O/c1-8-10-25(12-11-20(3)26(32)33)23(6)31-15-13-30(14-16-31)19-28-17-24(9-2)18-29-22(5)21(4)27-7;1-2-3-4-5;2*1-2/h8-12,17,19-21,23,26-27,29,32-33H,1-2,5,13-16,18H2,3-4,6-7H3;2-4H,1H2;1-2H3;2H,1H3/b12-11+,24-17+,25-10+,28-19?;4-3+;;. The Bertz CT molecular complexity index is 873. The molecular formula is C33H58ClN5O3. The molecule has 1 rings (SSSR count). The molecule has 3 atom stereocenters. The number of aliphatic imine (C=N–C) groups is 1. The van der Waals surface area contributed by atoms with Crippen LogP contribution < -0.4 is 10.6 Å². The predicted octanol–water partition coefficient (Wildman–Crippen LogP) is 4.98. The minimum Gasteiger partial charge on any atom is -0.400 e. The van der Waals surface area contributed by atoms with Gasteiger partial charge >= 0.3 is 0 Å². The summed E-state index contributed by atoms with van der Waals surface area (Å²) in [4.78, 5) is 9.11. The number of hydrogen-bond donors (Lipinski definition) is 5. The zero-order valence-electron chi connectivity index (χ0n) is 27.0. The van der Waals surface area contributed by atoms with Crippen LogP contribution in [0, 0.1) is 5.92 Å². The molecule has 9 heteroatoms. The molecule has 5 N–H and O–H groups in total. The maximum atomic E-state index is 9.30. The van der Waals surface area contributed by atoms with Crippen LogP contribution in [-0.2, 0) is 0 Å². The van der Waals surface area contributed by atoms with Crippen molar-refractivity contribution in [3.05, 3.63) is 97.4 Å². The number of rotatable bonds is 15. The van der Waals surface area contributed by atoms with Crippen LogP contribution in [0.5, 0.6) is 0 Å². The Labute approximate surface area is 261 Å². The molecule has 1 heterocycles. The summed E-state index contributed by atoms with van der Waals surface area (Å²) >= 11 is 5.05. The van der Waals surface area contributed by atoms with Gasteiger partial charge in [0.05, 0.1) is 6.34 Å². The lowest BCUT2D eigenvalue weighted by atomic mass is 10.0. The van der Waals surface area contributed by atoms with Crippen molar-refractivity contribution in [1.29, 1.82) is 0 Å². The topological polar surface area (TPSA) is 104 Å². The largest absolute Gasteiger partial charge is 0.400 e. The number of allylic oxidation sites excluding steroid dienone is 4. The van der Waals surface area contributed by atoms with E-state index in [4.69, 9.17) is 16.7 Å². The minimum absolute atomic E-state index is 0.195. The first-order valence-electron chi connectivity index (χ1n) is 14.3. The highest BCUT2D eigenvalue weighted by atomic mass is 35.5. The Morgan fingerprint density at radius 1 is 1.02 bits per heavy atom. The zero-order valence-corrected chi connectivity index (χ0v) is 27.8. The molecule has 1 aliphatic rings. The summed E-state index contributed by atoms with van der Waals surface area (Å²) in [6.07, 6.45) is 15.0. The first-order valence-corrected chi connectivity index (χ1v) is 14.7. The molecular weight excluding hydrogens is 550 g/mol. The van der Waals surface area contributed by atoms with E-state index in [0.717, 1.165) is 50.1 Å². The van der Waals surface area contributed by atoms with Gasteiger partial charge < -0.3 is 30.9 Å². The second-order valence-corrected chi connectivity index (χ2v) is 9.15. The number of nitrogens with zero attached hydrogens (tertiary/aromatic N) is 3. The van der Waals surface area contributed by atoms with Gasteiger partial charge in [-0.1, -0.05) is 101 Å². The molecule has 240 valence electrons. The average Bonchev–Trinajstić information content (AvgIpc) is 3.02. The Morgan fingerprint density at radius 3 is 2.05 bits per heavy atom. The van der Waals surface area contributed by atoms with E-state index >= 15 is 0 Å². The maximum Gasteiger partial charge on any atom is 0.157 e. The smallest absolute Gasteiger partial charge is 0.157 e. The summed E-state index contributed by atoms with van der Waals surface area (Å²) in [5.74, 6) is -0.327. The van der Waals surface area contributed by atoms with Gasteiger partial charge in [0.1, 0.15) is 0 Å². The van der Waals surface area contributed by atoms with Crippen LogP contribution >= 0.6 is 11.6 Å². The molecule has 1 saturated heterocycles. The predicted molar refractivity (Wildman–Crippen MR) is 185 cm³/mol. The number of piperazine rings is 1. The molecule has 0 bridgehead atoms. The first-order chi connectivity index (χ1) is 20.1. The van der Waals surface area contributed by atoms with Crippen LogP contribution in [0.4, 0.5) is 0 Å². The fourth-order valence-corrected chi connectivity index (χ4v) is 3.37. The van der Waals surface area contributed by atoms with E-state index in [-0.39, 0.29) is 18.0 Å². The number of aliphatic hydroxyl groups is 3. The van der Waals surface area contributed by atoms with Crippen LogP contribution in [0.15, 0.2) is 102 Å². The molecule has 3 unspecified atom stereocenters. The van der Waals surface area contributed by atoms with Crippen LogP contribution in [0.1, 0.15) is 34.6 Å². The minimum atomic E-state index is -1.36. The third kappa shape index (κ3) is 21.1. The highest BCUT2D eigenvalue weighted by Gasteiger charge is 2.21. The fourth-order valence-electron chi connectivity index (χ4n) is 3.27. The Morgan fingerprint density at radius 2 is 1.62 bits per heavy atom. The van der Waals surface area contributed by atoms with Gasteiger partial charge in [0.15, 0.2) is 6.29 Å². The number of hydrogen-bond acceptors (Lipinski definition) is 7. The highest BCUT2D eigenvalue weighted by Crippen LogP contribution is 2.16. The number of nitrogens with one attached hydrogen (secondary N) is 2. The number of aliphatic hydroxyl groups excluding tert-OH is 2. The first kappa shape index (κ1) is 43.7. The number of likely N-dealkylation sites (N-methyl/N-ethyl adjacent to an activating group) is 1. The van der Waals surface area contributed by atoms with Crippen molar-refractivity contribution in [2.45, 2.75) is 53.0 Å². The van der Waals surface area contributed by atoms with Crippen LogP contribution in [0.2, 0.25) is 0 Å². The summed E-state index contributed by atoms with van der Waals surface area (Å²) in [6.45, 7) is 29.3. The summed E-state index contributed by atoms with van der Waals surface area (Å²) < 4.78 is 0. The van der Waals surface area contributed by atoms with Crippen molar-refractivity contribution in [1.82, 2.24) is 20.4 Å². The molecule has 0 spiro atoms. The van der Waals surface area contributed by atoms with Gasteiger partial charge in [-0.25, -0.2) is 4.99 Å². The molecule has 0 saturated carbocycles. The highest BCUT2D eigenvalue weighted by molar-refractivity contribution is 6.25. The van der Waals surface area contributed by atoms with E-state index < -0.39 is 6.29 Å². The molecule has 0 aliphatic carbocycles. The Balaban J connectivity index is -0.00000149. The lowest BCUT2D eigenvalue weighted by molar-refractivity contribution is -0.0651. The van der Waals surface area contributed by atoms with Crippen molar-refractivity contribution < 1.29 is 15.3 Å². The molecule has 0 aromatic rings. The molecule has 0 aromatic carbocycles. The lowest BCUT2D eigenvalue weighted by Crippen LogP contribution is -2.49. The van der Waals surface area contributed by atoms with Gasteiger partial charge in [-0.3, -0.25) is 4.90 Å². The van der Waals surface area contributed by atoms with Crippen molar-refractivity contribution in [3.63, 3.8) is 0 Å². The molecule has 42 heavy (non-hydrogen) atoms. The van der Waals surface area contributed by atoms with Crippen molar-refractivity contribution >= 4 is 17.9 Å². The molecule has 8 nitrogen and oxygen atoms in total. The zero-order chi connectivity index (χ0) is 32.9. The summed E-state index contributed by atoms with van der Waals surface area (Å²) in [7, 11) is 2.91. The van der Waals surface area contributed by atoms with Gasteiger partial charge in [-0.2, -0.15) is 0 Å². The van der Waals surface area contributed by atoms with Crippen molar-refractivity contribution in [2.24, 2.45) is 10.9 Å². The average molecular weight is 608 g/mol. The molecule has 0 amide bonds. The van der Waals surface area contributed by atoms with Crippen molar-refractivity contribution in [3.8, 4) is 0 Å². The Hall–Kier alpha value is -2.72. The van der Waals surface area contributed by atoms with Gasteiger partial charge in [-0.15, -0.1) is 0 Å². The van der Waals surface area contributed by atoms with Gasteiger partial charge in [0, 0.05) is 75.3 Å². The van der Waals surface area contributed by atoms with Crippen LogP contribution in [0.3, 0.4) is 0 Å². The lowest BCUT2D eigenvalue weighted by Gasteiger charge is -2.37. The Kier molecular flexibility index (Phi) is 31.0. The van der Waals surface area contributed by atoms with E-state index in [0.29, 0.717) is 6.54 Å². The van der Waals surface area contributed by atoms with Crippen molar-refractivity contribution in [2.75, 3.05) is 46.9 Å². The SMILES string of the molecule is C=C/C=C(\C=C\C(C)C(O)O)C(C)N1CCN(C=N/C=C(\C=C)CNC(=C)C(C)NC)CC1.C=C/C=C/Cl.CC.CO. The maximum absolute atomic E-state index is 9.30. The van der Waals surface area contributed by atoms with E-state index in [1.54, 1.807) is 31.2 Å². The number of halogens is 1. The normalized spacial score (nSPS) is 16.4. The van der Waals surface area contributed by atoms with Gasteiger partial charge in [-0.05, 0) is 32.0 Å². The van der Waals surface area contributed by atoms with E-state index in [1.165, 1.54) is 5.54 Å². The van der Waals surface area contributed by atoms with Crippen LogP contribution in [-0.4, -0.2) is 96.7 Å². The molecule has 0 aromatic heterocycles. The molecule has 1 aliphatic heterocycles. The fraction of sp³-hybridized carbons (Fsp3) is 0.485. The molecule has 0 radical (unpaired) electrons. The summed E-state index contributed by atoms with van der Waals surface area (Å²) in [6, 6.07) is 0.396. The van der Waals surface area contributed by atoms with E-state index in [1.807, 2.05) is 51.7 Å². The van der Waals surface area contributed by atoms with E-state index in [2.05, 4.69) is 65.6 Å². The third-order valence-corrected chi connectivity index (χ3v) is 6.31. The summed E-state index contributed by atoms with van der Waals surface area (Å²) in [5, 5.41) is 32.1. The second kappa shape index (κ2) is 29.8. The third-order valence-electron chi connectivity index (χ3n) is 6.17. The second-order valence-electron chi connectivity index (χ2n) is 8.90. The van der Waals surface area contributed by atoms with Gasteiger partial charge in [0.25, 0.3) is 0 Å². The quantitative estimate of drug-likeness (QED) is 0.0774. The van der Waals surface area contributed by atoms with Crippen LogP contribution in [0.25, 0.3) is 0 Å². The monoisotopic (exact) mass is 607 g/mol. The summed E-state index contributed by atoms with van der Waals surface area (Å²) in [5.41, 5.74) is 4.43. The molecule has 1 fully saturated rings.